The number of hydrogen-bond donors (Lipinski definition) is 0. The van der Waals surface area contributed by atoms with E-state index in [1.165, 1.54) is 36.3 Å². The monoisotopic (exact) mass is 742 g/mol. The molecule has 0 atom stereocenters. The third kappa shape index (κ3) is 11.1. The molecule has 6 aromatic rings. The largest absolute Gasteiger partial charge is 0.0622 e. The van der Waals surface area contributed by atoms with Crippen LogP contribution >= 0.6 is 35.2 Å². The maximum atomic E-state index is 9.18. The Morgan fingerprint density at radius 3 is 0.614 bits per heavy atom. The Kier molecular flexibility index (Phi) is 16.1. The molecule has 224 valence electrons. The van der Waals surface area contributed by atoms with Gasteiger partial charge in [0.1, 0.15) is 0 Å². The summed E-state index contributed by atoms with van der Waals surface area (Å²) in [5.41, 5.74) is 0. The van der Waals surface area contributed by atoms with Gasteiger partial charge in [0.05, 0.1) is 0 Å². The van der Waals surface area contributed by atoms with Crippen molar-refractivity contribution in [3.63, 3.8) is 0 Å². The molecule has 0 bridgehead atoms. The van der Waals surface area contributed by atoms with Crippen molar-refractivity contribution in [2.45, 2.75) is 0 Å². The molecule has 44 heavy (non-hydrogen) atoms. The first kappa shape index (κ1) is 35.4. The molecule has 0 aliphatic rings. The molecule has 6 rings (SSSR count). The average molecular weight is 743 g/mol. The Bertz CT molecular complexity index is 1360. The van der Waals surface area contributed by atoms with Gasteiger partial charge >= 0.3 is 42.2 Å². The zero-order valence-corrected chi connectivity index (χ0v) is 28.8. The molecule has 0 aromatic heterocycles. The molecular weight excluding hydrogens is 710 g/mol. The van der Waals surface area contributed by atoms with E-state index < -0.39 is 29.4 Å². The van der Waals surface area contributed by atoms with Gasteiger partial charge in [-0.05, 0) is 47.7 Å². The SMILES string of the molecule is O.O=[C]=[Ru]([Cl])[Cl].c1ccc(P(c2ccccc2)c2ccccc2)cc1.c1ccc(P(c2ccccc2)c2ccccc2)cc1. The van der Waals surface area contributed by atoms with Crippen molar-refractivity contribution in [3.8, 4) is 0 Å². The van der Waals surface area contributed by atoms with Gasteiger partial charge in [0.2, 0.25) is 0 Å². The maximum Gasteiger partial charge on any atom is -0.0134 e. The molecular formula is C37H32Cl2O2P2Ru. The van der Waals surface area contributed by atoms with E-state index in [9.17, 15) is 4.79 Å². The van der Waals surface area contributed by atoms with E-state index >= 15 is 0 Å². The third-order valence-electron chi connectivity index (χ3n) is 6.14. The minimum atomic E-state index is -2.04. The predicted molar refractivity (Wildman–Crippen MR) is 191 cm³/mol. The Labute approximate surface area is 275 Å². The van der Waals surface area contributed by atoms with Crippen molar-refractivity contribution in [1.82, 2.24) is 0 Å². The van der Waals surface area contributed by atoms with Crippen molar-refractivity contribution >= 4 is 71.5 Å². The smallest absolute Gasteiger partial charge is 0.0134 e. The summed E-state index contributed by atoms with van der Waals surface area (Å²) in [6, 6.07) is 64.7. The van der Waals surface area contributed by atoms with Crippen molar-refractivity contribution in [2.24, 2.45) is 0 Å². The van der Waals surface area contributed by atoms with Crippen LogP contribution in [0.1, 0.15) is 0 Å². The molecule has 0 saturated carbocycles. The molecule has 0 aliphatic heterocycles. The second-order valence-corrected chi connectivity index (χ2v) is 18.6. The molecule has 2 nitrogen and oxygen atoms in total. The second kappa shape index (κ2) is 20.1. The normalized spacial score (nSPS) is 10.2. The first-order chi connectivity index (χ1) is 21.2. The first-order valence-electron chi connectivity index (χ1n) is 13.5. The maximum absolute atomic E-state index is 9.18. The van der Waals surface area contributed by atoms with Crippen molar-refractivity contribution in [2.75, 3.05) is 0 Å². The number of rotatable bonds is 6. The van der Waals surface area contributed by atoms with Gasteiger partial charge in [0.15, 0.2) is 0 Å². The summed E-state index contributed by atoms with van der Waals surface area (Å²) >= 11 is -2.04. The molecule has 6 aromatic carbocycles. The molecule has 0 radical (unpaired) electrons. The second-order valence-electron chi connectivity index (χ2n) is 8.94. The summed E-state index contributed by atoms with van der Waals surface area (Å²) in [6.07, 6.45) is 0. The van der Waals surface area contributed by atoms with E-state index in [4.69, 9.17) is 19.4 Å². The standard InChI is InChI=1S/2C18H15P.CO.2ClH.H2O.Ru/c2*1-4-10-16(11-5-1)19(17-12-6-2-7-13-17)18-14-8-3-9-15-18;1-2;;;;/h2*1-15H;;2*1H;1H2;/q;;;;;;+2/p-2. The van der Waals surface area contributed by atoms with Crippen LogP contribution in [-0.2, 0) is 18.3 Å². The summed E-state index contributed by atoms with van der Waals surface area (Å²) < 4.78 is 1.45. The molecule has 0 spiro atoms. The van der Waals surface area contributed by atoms with Gasteiger partial charge in [-0.1, -0.05) is 182 Å². The van der Waals surface area contributed by atoms with Gasteiger partial charge < -0.3 is 5.48 Å². The van der Waals surface area contributed by atoms with Crippen molar-refractivity contribution < 1.29 is 23.8 Å². The van der Waals surface area contributed by atoms with Crippen LogP contribution < -0.4 is 31.8 Å². The van der Waals surface area contributed by atoms with Gasteiger partial charge in [-0.3, -0.25) is 0 Å². The fourth-order valence-electron chi connectivity index (χ4n) is 4.36. The molecule has 7 heteroatoms. The van der Waals surface area contributed by atoms with Crippen LogP contribution in [-0.4, -0.2) is 9.95 Å². The summed E-state index contributed by atoms with van der Waals surface area (Å²) in [4.78, 5) is 9.18. The van der Waals surface area contributed by atoms with E-state index in [-0.39, 0.29) is 5.48 Å². The average Bonchev–Trinajstić information content (AvgIpc) is 3.09. The van der Waals surface area contributed by atoms with Crippen LogP contribution in [0.3, 0.4) is 0 Å². The van der Waals surface area contributed by atoms with Crippen molar-refractivity contribution in [3.05, 3.63) is 182 Å². The quantitative estimate of drug-likeness (QED) is 0.134. The Morgan fingerprint density at radius 1 is 0.364 bits per heavy atom. The summed E-state index contributed by atoms with van der Waals surface area (Å²) in [5.74, 6) is 0. The minimum absolute atomic E-state index is 0. The van der Waals surface area contributed by atoms with Crippen LogP contribution in [0, 0.1) is 0 Å². The molecule has 0 amide bonds. The number of benzene rings is 6. The topological polar surface area (TPSA) is 48.6 Å². The predicted octanol–water partition coefficient (Wildman–Crippen LogP) is 7.04. The van der Waals surface area contributed by atoms with Crippen LogP contribution in [0.5, 0.6) is 0 Å². The molecule has 0 heterocycles. The van der Waals surface area contributed by atoms with E-state index in [0.717, 1.165) is 0 Å². The first-order valence-corrected chi connectivity index (χ1v) is 21.5. The van der Waals surface area contributed by atoms with Gasteiger partial charge in [0, 0.05) is 0 Å². The Balaban J connectivity index is 0.000000205. The fourth-order valence-corrected chi connectivity index (χ4v) is 8.97. The van der Waals surface area contributed by atoms with Crippen molar-refractivity contribution in [1.29, 1.82) is 0 Å². The third-order valence-corrected chi connectivity index (χ3v) is 11.9. The molecule has 0 saturated heterocycles. The fraction of sp³-hybridized carbons (Fsp3) is 0. The van der Waals surface area contributed by atoms with Gasteiger partial charge in [0.25, 0.3) is 0 Å². The van der Waals surface area contributed by atoms with Crippen LogP contribution in [0.15, 0.2) is 182 Å². The van der Waals surface area contributed by atoms with E-state index in [2.05, 4.69) is 182 Å². The van der Waals surface area contributed by atoms with E-state index in [1.54, 1.807) is 0 Å². The minimum Gasteiger partial charge on any atom is -0.0622 e. The van der Waals surface area contributed by atoms with Gasteiger partial charge in [-0.25, -0.2) is 0 Å². The molecule has 0 fully saturated rings. The van der Waals surface area contributed by atoms with E-state index in [0.29, 0.717) is 0 Å². The van der Waals surface area contributed by atoms with Gasteiger partial charge in [-0.15, -0.1) is 0 Å². The van der Waals surface area contributed by atoms with Crippen LogP contribution in [0.25, 0.3) is 0 Å². The number of halogens is 2. The number of carbonyl (C=O) groups excluding carboxylic acids is 1. The van der Waals surface area contributed by atoms with E-state index in [1.807, 2.05) is 0 Å². The van der Waals surface area contributed by atoms with Crippen LogP contribution in [0.2, 0.25) is 0 Å². The van der Waals surface area contributed by atoms with Crippen LogP contribution in [0.4, 0.5) is 0 Å². The zero-order chi connectivity index (χ0) is 30.1. The Hall–Kier alpha value is -3.08. The van der Waals surface area contributed by atoms with Gasteiger partial charge in [-0.2, -0.15) is 0 Å². The summed E-state index contributed by atoms with van der Waals surface area (Å²) in [6.45, 7) is 0. The summed E-state index contributed by atoms with van der Waals surface area (Å²) in [5, 5.41) is 8.39. The molecule has 0 unspecified atom stereocenters. The summed E-state index contributed by atoms with van der Waals surface area (Å²) in [7, 11) is 9.00. The number of hydrogen-bond acceptors (Lipinski definition) is 1. The molecule has 2 N–H and O–H groups in total. The molecule has 0 aliphatic carbocycles. The Morgan fingerprint density at radius 2 is 0.500 bits per heavy atom. The zero-order valence-electron chi connectivity index (χ0n) is 23.7.